The van der Waals surface area contributed by atoms with Crippen molar-refractivity contribution in [2.75, 3.05) is 6.61 Å². The first-order chi connectivity index (χ1) is 8.63. The Morgan fingerprint density at radius 3 is 2.17 bits per heavy atom. The van der Waals surface area contributed by atoms with Gasteiger partial charge in [0.05, 0.1) is 12.2 Å². The lowest BCUT2D eigenvalue weighted by atomic mass is 10.1. The van der Waals surface area contributed by atoms with Crippen LogP contribution >= 0.6 is 0 Å². The van der Waals surface area contributed by atoms with E-state index >= 15 is 0 Å². The van der Waals surface area contributed by atoms with E-state index in [4.69, 9.17) is 9.84 Å². The van der Waals surface area contributed by atoms with Gasteiger partial charge in [-0.25, -0.2) is 4.79 Å². The first-order valence-corrected chi connectivity index (χ1v) is 6.11. The number of aryl methyl sites for hydroxylation is 1. The number of hydrogen-bond donors (Lipinski definition) is 1. The largest absolute Gasteiger partial charge is 0.478 e. The van der Waals surface area contributed by atoms with Crippen molar-refractivity contribution in [3.63, 3.8) is 0 Å². The van der Waals surface area contributed by atoms with Crippen LogP contribution in [0.4, 0.5) is 0 Å². The van der Waals surface area contributed by atoms with Crippen molar-refractivity contribution < 1.29 is 19.4 Å². The molecule has 18 heavy (non-hydrogen) atoms. The van der Waals surface area contributed by atoms with Crippen molar-refractivity contribution >= 4 is 11.9 Å². The van der Waals surface area contributed by atoms with Crippen LogP contribution in [0.3, 0.4) is 0 Å². The second-order valence-corrected chi connectivity index (χ2v) is 3.31. The number of carboxylic acid groups (broad SMARTS) is 1. The SMILES string of the molecule is CC.CCOC(=O)CCc1ccc(C(=O)O)cc1. The van der Waals surface area contributed by atoms with Gasteiger partial charge in [0.2, 0.25) is 0 Å². The minimum absolute atomic E-state index is 0.232. The molecule has 0 bridgehead atoms. The highest BCUT2D eigenvalue weighted by Gasteiger charge is 2.04. The summed E-state index contributed by atoms with van der Waals surface area (Å²) < 4.78 is 4.79. The van der Waals surface area contributed by atoms with Gasteiger partial charge in [-0.3, -0.25) is 4.79 Å². The van der Waals surface area contributed by atoms with Crippen molar-refractivity contribution in [3.8, 4) is 0 Å². The first-order valence-electron chi connectivity index (χ1n) is 6.11. The highest BCUT2D eigenvalue weighted by atomic mass is 16.5. The molecule has 0 aliphatic rings. The number of carbonyl (C=O) groups is 2. The highest BCUT2D eigenvalue weighted by molar-refractivity contribution is 5.87. The summed E-state index contributed by atoms with van der Waals surface area (Å²) in [7, 11) is 0. The van der Waals surface area contributed by atoms with Crippen molar-refractivity contribution in [2.24, 2.45) is 0 Å². The number of carbonyl (C=O) groups excluding carboxylic acids is 1. The molecule has 0 fully saturated rings. The highest BCUT2D eigenvalue weighted by Crippen LogP contribution is 2.07. The van der Waals surface area contributed by atoms with E-state index in [-0.39, 0.29) is 11.5 Å². The number of esters is 1. The maximum absolute atomic E-state index is 11.1. The fourth-order valence-corrected chi connectivity index (χ4v) is 1.29. The van der Waals surface area contributed by atoms with E-state index in [9.17, 15) is 9.59 Å². The van der Waals surface area contributed by atoms with E-state index in [2.05, 4.69) is 0 Å². The summed E-state index contributed by atoms with van der Waals surface area (Å²) in [5, 5.41) is 8.69. The van der Waals surface area contributed by atoms with Gasteiger partial charge in [-0.05, 0) is 31.0 Å². The zero-order chi connectivity index (χ0) is 14.0. The Morgan fingerprint density at radius 2 is 1.72 bits per heavy atom. The Hall–Kier alpha value is -1.84. The minimum atomic E-state index is -0.947. The summed E-state index contributed by atoms with van der Waals surface area (Å²) in [5.74, 6) is -1.18. The van der Waals surface area contributed by atoms with Crippen LogP contribution < -0.4 is 0 Å². The Labute approximate surface area is 108 Å². The lowest BCUT2D eigenvalue weighted by Gasteiger charge is -2.02. The molecule has 0 unspecified atom stereocenters. The fraction of sp³-hybridized carbons (Fsp3) is 0.429. The van der Waals surface area contributed by atoms with E-state index in [1.807, 2.05) is 13.8 Å². The van der Waals surface area contributed by atoms with Crippen molar-refractivity contribution in [2.45, 2.75) is 33.6 Å². The second kappa shape index (κ2) is 9.22. The predicted octanol–water partition coefficient (Wildman–Crippen LogP) is 2.91. The van der Waals surface area contributed by atoms with Crippen LogP contribution in [0.15, 0.2) is 24.3 Å². The van der Waals surface area contributed by atoms with Crippen molar-refractivity contribution in [3.05, 3.63) is 35.4 Å². The molecule has 4 heteroatoms. The molecule has 4 nitrogen and oxygen atoms in total. The van der Waals surface area contributed by atoms with Gasteiger partial charge in [-0.2, -0.15) is 0 Å². The number of benzene rings is 1. The summed E-state index contributed by atoms with van der Waals surface area (Å²) in [6, 6.07) is 6.48. The van der Waals surface area contributed by atoms with E-state index < -0.39 is 5.97 Å². The molecular weight excluding hydrogens is 232 g/mol. The molecule has 1 N–H and O–H groups in total. The lowest BCUT2D eigenvalue weighted by Crippen LogP contribution is -2.05. The zero-order valence-electron chi connectivity index (χ0n) is 11.1. The van der Waals surface area contributed by atoms with Crippen LogP contribution in [0.1, 0.15) is 43.1 Å². The Morgan fingerprint density at radius 1 is 1.17 bits per heavy atom. The van der Waals surface area contributed by atoms with Crippen LogP contribution in [0, 0.1) is 0 Å². The van der Waals surface area contributed by atoms with Gasteiger partial charge in [0, 0.05) is 6.42 Å². The van der Waals surface area contributed by atoms with E-state index in [0.29, 0.717) is 19.4 Å². The van der Waals surface area contributed by atoms with E-state index in [1.54, 1.807) is 19.1 Å². The smallest absolute Gasteiger partial charge is 0.335 e. The molecule has 0 aliphatic heterocycles. The third-order valence-electron chi connectivity index (χ3n) is 2.12. The van der Waals surface area contributed by atoms with Gasteiger partial charge >= 0.3 is 11.9 Å². The number of rotatable bonds is 5. The quantitative estimate of drug-likeness (QED) is 0.818. The normalized spacial score (nSPS) is 9.06. The third kappa shape index (κ3) is 6.03. The Balaban J connectivity index is 0.00000137. The number of hydrogen-bond acceptors (Lipinski definition) is 3. The molecule has 0 aliphatic carbocycles. The van der Waals surface area contributed by atoms with Crippen LogP contribution in [-0.2, 0) is 16.0 Å². The van der Waals surface area contributed by atoms with Gasteiger partial charge in [0.15, 0.2) is 0 Å². The molecule has 0 atom stereocenters. The molecule has 1 rings (SSSR count). The average molecular weight is 252 g/mol. The topological polar surface area (TPSA) is 63.6 Å². The maximum atomic E-state index is 11.1. The lowest BCUT2D eigenvalue weighted by molar-refractivity contribution is -0.143. The van der Waals surface area contributed by atoms with Crippen molar-refractivity contribution in [1.29, 1.82) is 0 Å². The monoisotopic (exact) mass is 252 g/mol. The molecule has 1 aromatic rings. The molecular formula is C14H20O4. The van der Waals surface area contributed by atoms with Crippen LogP contribution in [-0.4, -0.2) is 23.7 Å². The summed E-state index contributed by atoms with van der Waals surface area (Å²) in [5.41, 5.74) is 1.18. The molecule has 0 radical (unpaired) electrons. The Bertz CT molecular complexity index is 368. The molecule has 0 saturated carbocycles. The summed E-state index contributed by atoms with van der Waals surface area (Å²) in [6.45, 7) is 6.15. The van der Waals surface area contributed by atoms with Crippen LogP contribution in [0.5, 0.6) is 0 Å². The molecule has 100 valence electrons. The second-order valence-electron chi connectivity index (χ2n) is 3.31. The van der Waals surface area contributed by atoms with Gasteiger partial charge in [0.1, 0.15) is 0 Å². The molecule has 0 saturated heterocycles. The van der Waals surface area contributed by atoms with Gasteiger partial charge < -0.3 is 9.84 Å². The molecule has 0 amide bonds. The van der Waals surface area contributed by atoms with Gasteiger partial charge in [-0.1, -0.05) is 26.0 Å². The predicted molar refractivity (Wildman–Crippen MR) is 69.7 cm³/mol. The Kier molecular flexibility index (Phi) is 8.27. The van der Waals surface area contributed by atoms with E-state index in [1.165, 1.54) is 12.1 Å². The van der Waals surface area contributed by atoms with Crippen LogP contribution in [0.2, 0.25) is 0 Å². The molecule has 0 aromatic heterocycles. The minimum Gasteiger partial charge on any atom is -0.478 e. The number of carboxylic acids is 1. The standard InChI is InChI=1S/C12H14O4.C2H6/c1-2-16-11(13)8-5-9-3-6-10(7-4-9)12(14)15;1-2/h3-4,6-7H,2,5,8H2,1H3,(H,14,15);1-2H3. The first kappa shape index (κ1) is 16.2. The fourth-order valence-electron chi connectivity index (χ4n) is 1.29. The number of ether oxygens (including phenoxy) is 1. The summed E-state index contributed by atoms with van der Waals surface area (Å²) in [6.07, 6.45) is 0.888. The van der Waals surface area contributed by atoms with Gasteiger partial charge in [0.25, 0.3) is 0 Å². The van der Waals surface area contributed by atoms with Gasteiger partial charge in [-0.15, -0.1) is 0 Å². The zero-order valence-corrected chi connectivity index (χ0v) is 11.1. The molecule has 0 heterocycles. The maximum Gasteiger partial charge on any atom is 0.335 e. The number of aromatic carboxylic acids is 1. The molecule has 0 spiro atoms. The summed E-state index contributed by atoms with van der Waals surface area (Å²) in [4.78, 5) is 21.7. The summed E-state index contributed by atoms with van der Waals surface area (Å²) >= 11 is 0. The van der Waals surface area contributed by atoms with E-state index in [0.717, 1.165) is 5.56 Å². The third-order valence-corrected chi connectivity index (χ3v) is 2.12. The van der Waals surface area contributed by atoms with Crippen molar-refractivity contribution in [1.82, 2.24) is 0 Å². The molecule has 1 aromatic carbocycles. The van der Waals surface area contributed by atoms with Crippen LogP contribution in [0.25, 0.3) is 0 Å². The average Bonchev–Trinajstić information content (AvgIpc) is 2.39.